The Morgan fingerprint density at radius 3 is 2.26 bits per heavy atom. The molecule has 9 heteroatoms. The van der Waals surface area contributed by atoms with E-state index in [4.69, 9.17) is 4.74 Å². The first-order chi connectivity index (χ1) is 18.4. The highest BCUT2D eigenvalue weighted by Crippen LogP contribution is 2.33. The fraction of sp³-hybridized carbons (Fsp3) is 0.483. The van der Waals surface area contributed by atoms with Gasteiger partial charge in [0.1, 0.15) is 6.61 Å². The molecule has 0 bridgehead atoms. The summed E-state index contributed by atoms with van der Waals surface area (Å²) < 4.78 is 8.63. The molecule has 1 N–H and O–H groups in total. The number of hydrogen-bond acceptors (Lipinski definition) is 7. The van der Waals surface area contributed by atoms with Crippen molar-refractivity contribution in [3.8, 4) is 0 Å². The number of likely N-dealkylation sites (tertiary alicyclic amines) is 1. The SMILES string of the molecule is C=CCN(C(=O)OCc1ccc([N+](=O)[O-])cc1)C1CCN(CC2CC(NS)CC2C)CC1.c1ccccc1. The summed E-state index contributed by atoms with van der Waals surface area (Å²) in [6.07, 6.45) is 5.53. The number of nitrogens with one attached hydrogen (secondary N) is 1. The molecule has 1 saturated heterocycles. The quantitative estimate of drug-likeness (QED) is 0.183. The third kappa shape index (κ3) is 9.15. The molecule has 2 aromatic carbocycles. The second kappa shape index (κ2) is 15.5. The molecule has 1 amide bonds. The molecular formula is C29H40N4O4S. The number of nitro benzene ring substituents is 1. The predicted octanol–water partition coefficient (Wildman–Crippen LogP) is 5.72. The zero-order valence-corrected chi connectivity index (χ0v) is 23.0. The molecule has 38 heavy (non-hydrogen) atoms. The van der Waals surface area contributed by atoms with Gasteiger partial charge in [0.05, 0.1) is 4.92 Å². The zero-order chi connectivity index (χ0) is 27.3. The summed E-state index contributed by atoms with van der Waals surface area (Å²) in [5.41, 5.74) is 0.738. The van der Waals surface area contributed by atoms with Crippen LogP contribution in [-0.2, 0) is 11.3 Å². The molecule has 1 heterocycles. The van der Waals surface area contributed by atoms with E-state index in [-0.39, 0.29) is 24.4 Å². The first-order valence-corrected chi connectivity index (χ1v) is 13.8. The number of nitrogens with zero attached hydrogens (tertiary/aromatic N) is 3. The smallest absolute Gasteiger partial charge is 0.410 e. The highest BCUT2D eigenvalue weighted by molar-refractivity contribution is 7.78. The molecule has 1 saturated carbocycles. The fourth-order valence-corrected chi connectivity index (χ4v) is 5.49. The molecule has 8 nitrogen and oxygen atoms in total. The van der Waals surface area contributed by atoms with Crippen LogP contribution in [0.4, 0.5) is 10.5 Å². The van der Waals surface area contributed by atoms with Crippen molar-refractivity contribution in [1.82, 2.24) is 14.5 Å². The topological polar surface area (TPSA) is 88.0 Å². The Bertz CT molecular complexity index is 973. The van der Waals surface area contributed by atoms with E-state index in [0.29, 0.717) is 24.4 Å². The van der Waals surface area contributed by atoms with Gasteiger partial charge in [0.15, 0.2) is 0 Å². The molecule has 2 aromatic rings. The van der Waals surface area contributed by atoms with Gasteiger partial charge in [-0.1, -0.05) is 62.2 Å². The average molecular weight is 541 g/mol. The number of piperidine rings is 1. The van der Waals surface area contributed by atoms with Crippen molar-refractivity contribution in [1.29, 1.82) is 0 Å². The number of benzene rings is 2. The maximum absolute atomic E-state index is 12.8. The van der Waals surface area contributed by atoms with Crippen LogP contribution in [0.5, 0.6) is 0 Å². The monoisotopic (exact) mass is 540 g/mol. The molecule has 3 unspecified atom stereocenters. The van der Waals surface area contributed by atoms with Crippen molar-refractivity contribution in [3.05, 3.63) is 89.0 Å². The second-order valence-corrected chi connectivity index (χ2v) is 10.4. The Hall–Kier alpha value is -2.88. The van der Waals surface area contributed by atoms with Crippen LogP contribution in [0.15, 0.2) is 73.3 Å². The lowest BCUT2D eigenvalue weighted by Gasteiger charge is -2.38. The Morgan fingerprint density at radius 2 is 1.76 bits per heavy atom. The Labute approximate surface area is 231 Å². The Morgan fingerprint density at radius 1 is 1.16 bits per heavy atom. The van der Waals surface area contributed by atoms with Crippen molar-refractivity contribution in [2.45, 2.75) is 51.3 Å². The lowest BCUT2D eigenvalue weighted by molar-refractivity contribution is -0.384. The summed E-state index contributed by atoms with van der Waals surface area (Å²) in [5.74, 6) is 1.39. The van der Waals surface area contributed by atoms with E-state index >= 15 is 0 Å². The van der Waals surface area contributed by atoms with Gasteiger partial charge < -0.3 is 14.5 Å². The number of amides is 1. The van der Waals surface area contributed by atoms with Crippen LogP contribution in [0.1, 0.15) is 38.2 Å². The molecule has 0 aromatic heterocycles. The number of carbonyl (C=O) groups excluding carboxylic acids is 1. The minimum Gasteiger partial charge on any atom is -0.445 e. The van der Waals surface area contributed by atoms with Crippen molar-refractivity contribution in [3.63, 3.8) is 0 Å². The van der Waals surface area contributed by atoms with Crippen LogP contribution in [-0.4, -0.2) is 59.1 Å². The second-order valence-electron chi connectivity index (χ2n) is 10.1. The summed E-state index contributed by atoms with van der Waals surface area (Å²) in [4.78, 5) is 27.4. The van der Waals surface area contributed by atoms with Crippen LogP contribution in [0.25, 0.3) is 0 Å². The van der Waals surface area contributed by atoms with Gasteiger partial charge >= 0.3 is 6.09 Å². The zero-order valence-electron chi connectivity index (χ0n) is 22.2. The largest absolute Gasteiger partial charge is 0.445 e. The van der Waals surface area contributed by atoms with E-state index in [2.05, 4.69) is 35.9 Å². The molecule has 0 spiro atoms. The molecule has 0 radical (unpaired) electrons. The third-order valence-electron chi connectivity index (χ3n) is 7.46. The van der Waals surface area contributed by atoms with Gasteiger partial charge in [-0.3, -0.25) is 14.8 Å². The van der Waals surface area contributed by atoms with Gasteiger partial charge in [-0.05, 0) is 55.2 Å². The molecule has 2 aliphatic rings. The maximum atomic E-state index is 12.8. The Balaban J connectivity index is 0.000000585. The molecule has 1 aliphatic carbocycles. The van der Waals surface area contributed by atoms with Gasteiger partial charge in [-0.2, -0.15) is 0 Å². The van der Waals surface area contributed by atoms with Gasteiger partial charge in [0, 0.05) is 50.4 Å². The van der Waals surface area contributed by atoms with Crippen LogP contribution < -0.4 is 4.72 Å². The van der Waals surface area contributed by atoms with Crippen molar-refractivity contribution >= 4 is 24.6 Å². The molecule has 4 rings (SSSR count). The summed E-state index contributed by atoms with van der Waals surface area (Å²) in [7, 11) is 0. The summed E-state index contributed by atoms with van der Waals surface area (Å²) in [6, 6.07) is 18.7. The number of carbonyl (C=O) groups is 1. The number of hydrogen-bond donors (Lipinski definition) is 2. The van der Waals surface area contributed by atoms with Crippen LogP contribution in [0.3, 0.4) is 0 Å². The van der Waals surface area contributed by atoms with E-state index in [9.17, 15) is 14.9 Å². The number of rotatable bonds is 9. The van der Waals surface area contributed by atoms with Gasteiger partial charge in [0.2, 0.25) is 0 Å². The number of non-ortho nitro benzene ring substituents is 1. The Kier molecular flexibility index (Phi) is 12.1. The highest BCUT2D eigenvalue weighted by Gasteiger charge is 2.34. The van der Waals surface area contributed by atoms with Gasteiger partial charge in [-0.25, -0.2) is 4.79 Å². The van der Waals surface area contributed by atoms with Gasteiger partial charge in [0.25, 0.3) is 5.69 Å². The van der Waals surface area contributed by atoms with Crippen molar-refractivity contribution in [2.75, 3.05) is 26.2 Å². The summed E-state index contributed by atoms with van der Waals surface area (Å²) in [6.45, 7) is 9.69. The van der Waals surface area contributed by atoms with E-state index < -0.39 is 4.92 Å². The summed E-state index contributed by atoms with van der Waals surface area (Å²) >= 11 is 4.24. The first kappa shape index (κ1) is 29.7. The molecule has 1 aliphatic heterocycles. The van der Waals surface area contributed by atoms with E-state index in [1.807, 2.05) is 36.4 Å². The van der Waals surface area contributed by atoms with E-state index in [1.54, 1.807) is 23.1 Å². The average Bonchev–Trinajstić information content (AvgIpc) is 3.31. The van der Waals surface area contributed by atoms with E-state index in [0.717, 1.165) is 38.0 Å². The normalized spacial score (nSPS) is 21.7. The molecule has 3 atom stereocenters. The summed E-state index contributed by atoms with van der Waals surface area (Å²) in [5, 5.41) is 10.8. The van der Waals surface area contributed by atoms with Gasteiger partial charge in [-0.15, -0.1) is 6.58 Å². The van der Waals surface area contributed by atoms with Crippen molar-refractivity contribution in [2.24, 2.45) is 11.8 Å². The minimum atomic E-state index is -0.447. The number of ether oxygens (including phenoxy) is 1. The van der Waals surface area contributed by atoms with Crippen LogP contribution in [0, 0.1) is 22.0 Å². The van der Waals surface area contributed by atoms with E-state index in [1.165, 1.54) is 25.0 Å². The fourth-order valence-electron chi connectivity index (χ4n) is 5.28. The van der Waals surface area contributed by atoms with Crippen LogP contribution >= 0.6 is 12.8 Å². The van der Waals surface area contributed by atoms with Crippen LogP contribution in [0.2, 0.25) is 0 Å². The predicted molar refractivity (Wildman–Crippen MR) is 154 cm³/mol. The minimum absolute atomic E-state index is 0.0181. The molecule has 2 fully saturated rings. The molecular weight excluding hydrogens is 500 g/mol. The lowest BCUT2D eigenvalue weighted by Crippen LogP contribution is -2.48. The first-order valence-electron chi connectivity index (χ1n) is 13.3. The lowest BCUT2D eigenvalue weighted by atomic mass is 9.95. The highest BCUT2D eigenvalue weighted by atomic mass is 32.1. The number of thiol groups is 1. The maximum Gasteiger partial charge on any atom is 0.410 e. The van der Waals surface area contributed by atoms with Crippen molar-refractivity contribution < 1.29 is 14.5 Å². The third-order valence-corrected chi connectivity index (χ3v) is 7.82. The number of nitro groups is 1. The standard InChI is InChI=1S/C23H34N4O4S.C6H6/c1-3-10-26(23(28)31-16-18-4-6-22(7-5-18)27(29)30)21-8-11-25(12-9-21)15-19-14-20(24-32)13-17(19)2;1-2-4-6-5-3-1/h3-7,17,19-21,24,32H,1,8-16H2,2H3;1-6H. The molecule has 206 valence electrons.